The van der Waals surface area contributed by atoms with Crippen molar-refractivity contribution in [3.8, 4) is 0 Å². The first-order valence-electron chi connectivity index (χ1n) is 8.49. The molecular weight excluding hydrogens is 353 g/mol. The number of benzene rings is 1. The van der Waals surface area contributed by atoms with Gasteiger partial charge in [0.05, 0.1) is 5.56 Å². The molecule has 1 saturated carbocycles. The molecule has 1 aliphatic heterocycles. The van der Waals surface area contributed by atoms with Crippen molar-refractivity contribution in [3.63, 3.8) is 0 Å². The monoisotopic (exact) mass is 376 g/mol. The fourth-order valence-corrected chi connectivity index (χ4v) is 3.76. The van der Waals surface area contributed by atoms with Gasteiger partial charge in [0.25, 0.3) is 0 Å². The van der Waals surface area contributed by atoms with Gasteiger partial charge >= 0.3 is 6.18 Å². The summed E-state index contributed by atoms with van der Waals surface area (Å²) in [6.07, 6.45) is -1.85. The molecule has 3 rings (SSSR count). The van der Waals surface area contributed by atoms with E-state index in [1.54, 1.807) is 6.07 Å². The molecule has 140 valence electrons. The van der Waals surface area contributed by atoms with Crippen LogP contribution in [0.1, 0.15) is 43.2 Å². The lowest BCUT2D eigenvalue weighted by Crippen LogP contribution is -2.49. The van der Waals surface area contributed by atoms with Crippen LogP contribution in [-0.2, 0) is 11.0 Å². The molecular formula is C18H24ClF3N2O. The Morgan fingerprint density at radius 1 is 1.32 bits per heavy atom. The van der Waals surface area contributed by atoms with Gasteiger partial charge in [-0.25, -0.2) is 0 Å². The number of piperidine rings is 1. The van der Waals surface area contributed by atoms with E-state index in [2.05, 4.69) is 6.92 Å². The molecule has 3 nitrogen and oxygen atoms in total. The van der Waals surface area contributed by atoms with E-state index in [4.69, 9.17) is 5.73 Å². The molecule has 1 aliphatic carbocycles. The first-order chi connectivity index (χ1) is 11.3. The minimum Gasteiger partial charge on any atom is -0.338 e. The molecule has 4 atom stereocenters. The van der Waals surface area contributed by atoms with Crippen LogP contribution >= 0.6 is 12.4 Å². The second kappa shape index (κ2) is 7.54. The number of carbonyl (C=O) groups is 1. The third kappa shape index (κ3) is 4.29. The minimum atomic E-state index is -4.35. The number of amides is 1. The molecule has 1 saturated heterocycles. The summed E-state index contributed by atoms with van der Waals surface area (Å²) < 4.78 is 38.5. The summed E-state index contributed by atoms with van der Waals surface area (Å²) in [5, 5.41) is 0. The Balaban J connectivity index is 0.00000225. The number of nitrogens with two attached hydrogens (primary N) is 1. The fourth-order valence-electron chi connectivity index (χ4n) is 3.76. The molecule has 4 unspecified atom stereocenters. The van der Waals surface area contributed by atoms with Gasteiger partial charge < -0.3 is 10.6 Å². The lowest BCUT2D eigenvalue weighted by atomic mass is 9.92. The van der Waals surface area contributed by atoms with Crippen molar-refractivity contribution >= 4 is 18.3 Å². The van der Waals surface area contributed by atoms with Gasteiger partial charge in [0, 0.05) is 25.0 Å². The van der Waals surface area contributed by atoms with Crippen LogP contribution in [0.5, 0.6) is 0 Å². The second-order valence-corrected chi connectivity index (χ2v) is 7.12. The largest absolute Gasteiger partial charge is 0.416 e. The number of hydrogen-bond donors (Lipinski definition) is 1. The van der Waals surface area contributed by atoms with E-state index in [1.165, 1.54) is 12.1 Å². The molecule has 0 radical (unpaired) electrons. The predicted octanol–water partition coefficient (Wildman–Crippen LogP) is 3.82. The van der Waals surface area contributed by atoms with Crippen LogP contribution in [0.4, 0.5) is 13.2 Å². The number of nitrogens with zero attached hydrogens (tertiary/aromatic N) is 1. The van der Waals surface area contributed by atoms with Crippen LogP contribution in [0.3, 0.4) is 0 Å². The number of alkyl halides is 3. The van der Waals surface area contributed by atoms with E-state index in [1.807, 2.05) is 4.90 Å². The van der Waals surface area contributed by atoms with Gasteiger partial charge in [-0.1, -0.05) is 25.1 Å². The summed E-state index contributed by atoms with van der Waals surface area (Å²) in [6.45, 7) is 3.30. The van der Waals surface area contributed by atoms with Gasteiger partial charge in [-0.2, -0.15) is 13.2 Å². The van der Waals surface area contributed by atoms with Gasteiger partial charge in [-0.3, -0.25) is 4.79 Å². The zero-order valence-corrected chi connectivity index (χ0v) is 14.9. The molecule has 0 aromatic heterocycles. The molecule has 1 aromatic carbocycles. The molecule has 7 heteroatoms. The SMILES string of the molecule is CC1CCN(C(=O)C2CC2c2cccc(C(F)(F)F)c2)C(CN)C1.Cl. The number of rotatable bonds is 3. The topological polar surface area (TPSA) is 46.3 Å². The summed E-state index contributed by atoms with van der Waals surface area (Å²) in [7, 11) is 0. The second-order valence-electron chi connectivity index (χ2n) is 7.12. The molecule has 0 bridgehead atoms. The van der Waals surface area contributed by atoms with Crippen molar-refractivity contribution in [3.05, 3.63) is 35.4 Å². The number of halogens is 4. The van der Waals surface area contributed by atoms with Crippen LogP contribution in [0.2, 0.25) is 0 Å². The molecule has 2 aliphatic rings. The van der Waals surface area contributed by atoms with Gasteiger partial charge in [0.1, 0.15) is 0 Å². The van der Waals surface area contributed by atoms with E-state index >= 15 is 0 Å². The maximum Gasteiger partial charge on any atom is 0.416 e. The van der Waals surface area contributed by atoms with Gasteiger partial charge in [-0.05, 0) is 42.7 Å². The van der Waals surface area contributed by atoms with E-state index in [0.717, 1.165) is 18.9 Å². The summed E-state index contributed by atoms with van der Waals surface area (Å²) in [4.78, 5) is 14.6. The Hall–Kier alpha value is -1.27. The van der Waals surface area contributed by atoms with Crippen molar-refractivity contribution in [2.24, 2.45) is 17.6 Å². The Morgan fingerprint density at radius 3 is 2.68 bits per heavy atom. The zero-order valence-electron chi connectivity index (χ0n) is 14.1. The number of carbonyl (C=O) groups excluding carboxylic acids is 1. The number of likely N-dealkylation sites (tertiary alicyclic amines) is 1. The lowest BCUT2D eigenvalue weighted by Gasteiger charge is -2.38. The normalized spacial score (nSPS) is 29.1. The highest BCUT2D eigenvalue weighted by atomic mass is 35.5. The Bertz CT molecular complexity index is 623. The average molecular weight is 377 g/mol. The van der Waals surface area contributed by atoms with Crippen molar-refractivity contribution in [2.75, 3.05) is 13.1 Å². The van der Waals surface area contributed by atoms with Crippen molar-refractivity contribution < 1.29 is 18.0 Å². The third-order valence-electron chi connectivity index (χ3n) is 5.28. The number of hydrogen-bond acceptors (Lipinski definition) is 2. The summed E-state index contributed by atoms with van der Waals surface area (Å²) >= 11 is 0. The molecule has 1 amide bonds. The minimum absolute atomic E-state index is 0. The quantitative estimate of drug-likeness (QED) is 0.871. The van der Waals surface area contributed by atoms with E-state index < -0.39 is 11.7 Å². The van der Waals surface area contributed by atoms with Crippen molar-refractivity contribution in [1.82, 2.24) is 4.90 Å². The Kier molecular flexibility index (Phi) is 6.05. The maximum atomic E-state index is 12.8. The van der Waals surface area contributed by atoms with Crippen molar-refractivity contribution in [2.45, 2.75) is 44.3 Å². The van der Waals surface area contributed by atoms with Crippen LogP contribution < -0.4 is 5.73 Å². The van der Waals surface area contributed by atoms with E-state index in [0.29, 0.717) is 31.0 Å². The first-order valence-corrected chi connectivity index (χ1v) is 8.49. The predicted molar refractivity (Wildman–Crippen MR) is 92.5 cm³/mol. The van der Waals surface area contributed by atoms with Crippen LogP contribution in [-0.4, -0.2) is 29.9 Å². The van der Waals surface area contributed by atoms with Gasteiger partial charge in [0.2, 0.25) is 5.91 Å². The molecule has 1 aromatic rings. The lowest BCUT2D eigenvalue weighted by molar-refractivity contribution is -0.137. The smallest absolute Gasteiger partial charge is 0.338 e. The highest BCUT2D eigenvalue weighted by Crippen LogP contribution is 2.49. The molecule has 25 heavy (non-hydrogen) atoms. The Morgan fingerprint density at radius 2 is 2.04 bits per heavy atom. The molecule has 1 heterocycles. The first kappa shape index (κ1) is 20.0. The summed E-state index contributed by atoms with van der Waals surface area (Å²) in [5.41, 5.74) is 5.77. The highest BCUT2D eigenvalue weighted by Gasteiger charge is 2.47. The molecule has 0 spiro atoms. The van der Waals surface area contributed by atoms with E-state index in [-0.39, 0.29) is 36.2 Å². The third-order valence-corrected chi connectivity index (χ3v) is 5.28. The average Bonchev–Trinajstić information content (AvgIpc) is 3.34. The van der Waals surface area contributed by atoms with Gasteiger partial charge in [-0.15, -0.1) is 12.4 Å². The van der Waals surface area contributed by atoms with Crippen LogP contribution in [0.15, 0.2) is 24.3 Å². The van der Waals surface area contributed by atoms with E-state index in [9.17, 15) is 18.0 Å². The summed E-state index contributed by atoms with van der Waals surface area (Å²) in [6, 6.07) is 5.41. The zero-order chi connectivity index (χ0) is 17.5. The van der Waals surface area contributed by atoms with Gasteiger partial charge in [0.15, 0.2) is 0 Å². The van der Waals surface area contributed by atoms with Crippen molar-refractivity contribution in [1.29, 1.82) is 0 Å². The van der Waals surface area contributed by atoms with Crippen LogP contribution in [0, 0.1) is 11.8 Å². The maximum absolute atomic E-state index is 12.8. The Labute approximate surface area is 152 Å². The highest BCUT2D eigenvalue weighted by molar-refractivity contribution is 5.85. The molecule has 2 fully saturated rings. The summed E-state index contributed by atoms with van der Waals surface area (Å²) in [5.74, 6) is 0.314. The fraction of sp³-hybridized carbons (Fsp3) is 0.611. The molecule has 2 N–H and O–H groups in total. The standard InChI is InChI=1S/C18H23F3N2O.ClH/c1-11-5-6-23(14(7-11)10-22)17(24)16-9-15(16)12-3-2-4-13(8-12)18(19,20)21;/h2-4,8,11,14-16H,5-7,9-10,22H2,1H3;1H. The van der Waals surface area contributed by atoms with Crippen LogP contribution in [0.25, 0.3) is 0 Å².